The van der Waals surface area contributed by atoms with Gasteiger partial charge in [0.05, 0.1) is 0 Å². The van der Waals surface area contributed by atoms with Gasteiger partial charge in [0.15, 0.2) is 5.82 Å². The smallest absolute Gasteiger partial charge is 0.131 e. The molecule has 5 heteroatoms. The lowest BCUT2D eigenvalue weighted by Gasteiger charge is -2.00. The summed E-state index contributed by atoms with van der Waals surface area (Å²) in [7, 11) is 0. The van der Waals surface area contributed by atoms with Gasteiger partial charge in [0.2, 0.25) is 5.82 Å². The second-order valence-corrected chi connectivity index (χ2v) is 3.91. The zero-order valence-electron chi connectivity index (χ0n) is 7.48. The molecule has 0 fully saturated rings. The predicted molar refractivity (Wildman–Crippen MR) is 60.5 cm³/mol. The van der Waals surface area contributed by atoms with E-state index in [9.17, 15) is 0 Å². The molecule has 14 heavy (non-hydrogen) atoms. The highest BCUT2D eigenvalue weighted by molar-refractivity contribution is 14.1. The highest BCUT2D eigenvalue weighted by Gasteiger charge is 2.05. The Hall–Kier alpha value is -1.11. The van der Waals surface area contributed by atoms with E-state index in [1.54, 1.807) is 6.92 Å². The maximum atomic E-state index is 3.98. The summed E-state index contributed by atoms with van der Waals surface area (Å²) in [6.45, 7) is 1.76. The molecule has 4 nitrogen and oxygen atoms in total. The molecule has 0 saturated heterocycles. The van der Waals surface area contributed by atoms with Crippen LogP contribution in [0.5, 0.6) is 0 Å². The fourth-order valence-corrected chi connectivity index (χ4v) is 1.66. The molecule has 0 bridgehead atoms. The third kappa shape index (κ3) is 1.87. The minimum Gasteiger partial charge on any atom is -0.131 e. The van der Waals surface area contributed by atoms with Crippen LogP contribution in [0.25, 0.3) is 11.4 Å². The van der Waals surface area contributed by atoms with E-state index in [1.807, 2.05) is 24.3 Å². The second kappa shape index (κ2) is 3.95. The first kappa shape index (κ1) is 9.45. The van der Waals surface area contributed by atoms with Crippen molar-refractivity contribution in [3.8, 4) is 11.4 Å². The van der Waals surface area contributed by atoms with Gasteiger partial charge in [-0.1, -0.05) is 12.1 Å². The van der Waals surface area contributed by atoms with Crippen molar-refractivity contribution in [3.63, 3.8) is 0 Å². The van der Waals surface area contributed by atoms with Gasteiger partial charge >= 0.3 is 0 Å². The van der Waals surface area contributed by atoms with E-state index in [4.69, 9.17) is 0 Å². The molecule has 2 aromatic rings. The van der Waals surface area contributed by atoms with E-state index in [0.717, 1.165) is 9.13 Å². The molecule has 70 valence electrons. The summed E-state index contributed by atoms with van der Waals surface area (Å²) in [5.41, 5.74) is 0.966. The van der Waals surface area contributed by atoms with Crippen LogP contribution >= 0.6 is 22.6 Å². The van der Waals surface area contributed by atoms with Gasteiger partial charge in [-0.05, 0) is 41.6 Å². The molecule has 1 aromatic carbocycles. The summed E-state index contributed by atoms with van der Waals surface area (Å²) >= 11 is 2.24. The van der Waals surface area contributed by atoms with E-state index in [-0.39, 0.29) is 0 Å². The number of hydrogen-bond acceptors (Lipinski definition) is 4. The van der Waals surface area contributed by atoms with Gasteiger partial charge in [-0.15, -0.1) is 20.4 Å². The first-order valence-electron chi connectivity index (χ1n) is 4.06. The van der Waals surface area contributed by atoms with Gasteiger partial charge in [0, 0.05) is 9.13 Å². The van der Waals surface area contributed by atoms with Gasteiger partial charge in [0.25, 0.3) is 0 Å². The molecular weight excluding hydrogens is 291 g/mol. The average molecular weight is 298 g/mol. The standard InChI is InChI=1S/C9H7IN4/c1-6-11-13-9(14-12-6)7-4-2-3-5-8(7)10/h2-5H,1H3. The van der Waals surface area contributed by atoms with Crippen molar-refractivity contribution in [2.45, 2.75) is 6.92 Å². The lowest BCUT2D eigenvalue weighted by atomic mass is 10.2. The topological polar surface area (TPSA) is 51.6 Å². The maximum Gasteiger partial charge on any atom is 0.204 e. The SMILES string of the molecule is Cc1nnc(-c2ccccc2I)nn1. The van der Waals surface area contributed by atoms with Gasteiger partial charge in [-0.25, -0.2) is 0 Å². The van der Waals surface area contributed by atoms with Crippen molar-refractivity contribution in [3.05, 3.63) is 33.7 Å². The molecule has 0 atom stereocenters. The summed E-state index contributed by atoms with van der Waals surface area (Å²) in [6.07, 6.45) is 0. The fourth-order valence-electron chi connectivity index (χ4n) is 1.03. The molecule has 0 spiro atoms. The molecule has 0 saturated carbocycles. The summed E-state index contributed by atoms with van der Waals surface area (Å²) < 4.78 is 1.09. The van der Waals surface area contributed by atoms with Crippen LogP contribution in [0.2, 0.25) is 0 Å². The van der Waals surface area contributed by atoms with Crippen molar-refractivity contribution in [1.82, 2.24) is 20.4 Å². The summed E-state index contributed by atoms with van der Waals surface area (Å²) in [5, 5.41) is 15.7. The Kier molecular flexibility index (Phi) is 2.67. The molecule has 0 aliphatic heterocycles. The molecule has 0 N–H and O–H groups in total. The number of halogens is 1. The monoisotopic (exact) mass is 298 g/mol. The third-order valence-corrected chi connectivity index (χ3v) is 2.63. The summed E-state index contributed by atoms with van der Waals surface area (Å²) in [5.74, 6) is 1.15. The van der Waals surface area contributed by atoms with Crippen LogP contribution < -0.4 is 0 Å². The van der Waals surface area contributed by atoms with Crippen LogP contribution in [0.1, 0.15) is 5.82 Å². The molecule has 0 amide bonds. The van der Waals surface area contributed by atoms with Crippen molar-refractivity contribution in [2.75, 3.05) is 0 Å². The second-order valence-electron chi connectivity index (χ2n) is 2.75. The minimum absolute atomic E-state index is 0.570. The van der Waals surface area contributed by atoms with Crippen LogP contribution in [-0.2, 0) is 0 Å². The first-order valence-corrected chi connectivity index (χ1v) is 5.14. The number of aromatic nitrogens is 4. The lowest BCUT2D eigenvalue weighted by Crippen LogP contribution is -1.99. The van der Waals surface area contributed by atoms with E-state index in [1.165, 1.54) is 0 Å². The molecule has 1 heterocycles. The van der Waals surface area contributed by atoms with E-state index in [0.29, 0.717) is 11.6 Å². The van der Waals surface area contributed by atoms with Crippen molar-refractivity contribution < 1.29 is 0 Å². The fraction of sp³-hybridized carbons (Fsp3) is 0.111. The lowest BCUT2D eigenvalue weighted by molar-refractivity contribution is 0.815. The van der Waals surface area contributed by atoms with Crippen LogP contribution in [0.3, 0.4) is 0 Å². The number of hydrogen-bond donors (Lipinski definition) is 0. The summed E-state index contributed by atoms with van der Waals surface area (Å²) in [4.78, 5) is 0. The van der Waals surface area contributed by atoms with Gasteiger partial charge in [0.1, 0.15) is 0 Å². The number of rotatable bonds is 1. The highest BCUT2D eigenvalue weighted by atomic mass is 127. The Morgan fingerprint density at radius 2 is 1.64 bits per heavy atom. The number of aryl methyl sites for hydroxylation is 1. The van der Waals surface area contributed by atoms with Crippen LogP contribution in [0, 0.1) is 10.5 Å². The molecule has 0 unspecified atom stereocenters. The van der Waals surface area contributed by atoms with Crippen LogP contribution in [0.4, 0.5) is 0 Å². The maximum absolute atomic E-state index is 3.98. The molecule has 0 radical (unpaired) electrons. The number of nitrogens with zero attached hydrogens (tertiary/aromatic N) is 4. The zero-order valence-corrected chi connectivity index (χ0v) is 9.63. The average Bonchev–Trinajstić information content (AvgIpc) is 2.20. The molecule has 2 rings (SSSR count). The largest absolute Gasteiger partial charge is 0.204 e. The Labute approximate surface area is 94.9 Å². The molecular formula is C9H7IN4. The molecule has 1 aromatic heterocycles. The molecule has 0 aliphatic carbocycles. The van der Waals surface area contributed by atoms with E-state index >= 15 is 0 Å². The van der Waals surface area contributed by atoms with Crippen molar-refractivity contribution in [2.24, 2.45) is 0 Å². The third-order valence-electron chi connectivity index (χ3n) is 1.69. The predicted octanol–water partition coefficient (Wildman–Crippen LogP) is 1.85. The van der Waals surface area contributed by atoms with Crippen LogP contribution in [0.15, 0.2) is 24.3 Å². The van der Waals surface area contributed by atoms with E-state index in [2.05, 4.69) is 43.0 Å². The van der Waals surface area contributed by atoms with Crippen molar-refractivity contribution >= 4 is 22.6 Å². The van der Waals surface area contributed by atoms with Gasteiger partial charge in [-0.2, -0.15) is 0 Å². The summed E-state index contributed by atoms with van der Waals surface area (Å²) in [6, 6.07) is 7.87. The normalized spacial score (nSPS) is 10.1. The Morgan fingerprint density at radius 3 is 2.29 bits per heavy atom. The van der Waals surface area contributed by atoms with Crippen molar-refractivity contribution in [1.29, 1.82) is 0 Å². The Balaban J connectivity index is 2.50. The van der Waals surface area contributed by atoms with E-state index < -0.39 is 0 Å². The zero-order chi connectivity index (χ0) is 9.97. The van der Waals surface area contributed by atoms with Gasteiger partial charge < -0.3 is 0 Å². The number of benzene rings is 1. The highest BCUT2D eigenvalue weighted by Crippen LogP contribution is 2.19. The van der Waals surface area contributed by atoms with Gasteiger partial charge in [-0.3, -0.25) is 0 Å². The van der Waals surface area contributed by atoms with Crippen LogP contribution in [-0.4, -0.2) is 20.4 Å². The Bertz CT molecular complexity index is 441. The quantitative estimate of drug-likeness (QED) is 0.754. The Morgan fingerprint density at radius 1 is 1.00 bits per heavy atom. The first-order chi connectivity index (χ1) is 6.77. The molecule has 0 aliphatic rings. The minimum atomic E-state index is 0.570.